The second-order valence-corrected chi connectivity index (χ2v) is 8.32. The maximum absolute atomic E-state index is 13.3. The molecule has 2 rings (SSSR count). The Morgan fingerprint density at radius 1 is 1.12 bits per heavy atom. The van der Waals surface area contributed by atoms with Crippen LogP contribution in [0.15, 0.2) is 24.3 Å². The lowest BCUT2D eigenvalue weighted by Crippen LogP contribution is -2.56. The van der Waals surface area contributed by atoms with Crippen molar-refractivity contribution >= 4 is 17.7 Å². The van der Waals surface area contributed by atoms with E-state index in [9.17, 15) is 14.4 Å². The number of nitrogens with zero attached hydrogens (tertiary/aromatic N) is 1. The molecule has 1 aliphatic heterocycles. The summed E-state index contributed by atoms with van der Waals surface area (Å²) in [6, 6.07) is 6.82. The second-order valence-electron chi connectivity index (χ2n) is 8.32. The number of hydrogen-bond acceptors (Lipinski definition) is 5. The molecule has 1 aromatic carbocycles. The first kappa shape index (κ1) is 25.6. The molecular weight excluding hydrogens is 408 g/mol. The van der Waals surface area contributed by atoms with Crippen LogP contribution in [0.25, 0.3) is 0 Å². The second kappa shape index (κ2) is 13.1. The van der Waals surface area contributed by atoms with Crippen LogP contribution in [-0.4, -0.2) is 68.0 Å². The van der Waals surface area contributed by atoms with E-state index in [1.165, 1.54) is 4.90 Å². The van der Waals surface area contributed by atoms with Gasteiger partial charge in [0.1, 0.15) is 18.4 Å². The predicted molar refractivity (Wildman–Crippen MR) is 124 cm³/mol. The highest BCUT2D eigenvalue weighted by atomic mass is 16.5. The van der Waals surface area contributed by atoms with Gasteiger partial charge in [-0.25, -0.2) is 0 Å². The maximum atomic E-state index is 13.3. The SMILES string of the molecule is CCC(C)C1NCCOc2ccccc2CCCNC(=O)CNC(=O)[C@H](CC)N(C)C1=O. The highest BCUT2D eigenvalue weighted by Gasteiger charge is 2.32. The van der Waals surface area contributed by atoms with Gasteiger partial charge in [0.2, 0.25) is 17.7 Å². The zero-order valence-corrected chi connectivity index (χ0v) is 19.8. The molecule has 0 saturated carbocycles. The summed E-state index contributed by atoms with van der Waals surface area (Å²) in [7, 11) is 1.65. The third-order valence-corrected chi connectivity index (χ3v) is 6.05. The van der Waals surface area contributed by atoms with Crippen molar-refractivity contribution in [3.8, 4) is 5.75 Å². The summed E-state index contributed by atoms with van der Waals surface area (Å²) < 4.78 is 6.00. The Bertz CT molecular complexity index is 770. The van der Waals surface area contributed by atoms with Crippen LogP contribution in [0.1, 0.15) is 45.6 Å². The summed E-state index contributed by atoms with van der Waals surface area (Å²) in [5, 5.41) is 8.85. The molecule has 0 fully saturated rings. The van der Waals surface area contributed by atoms with Crippen molar-refractivity contribution in [2.75, 3.05) is 33.3 Å². The molecule has 3 amide bonds. The largest absolute Gasteiger partial charge is 0.492 e. The maximum Gasteiger partial charge on any atom is 0.243 e. The van der Waals surface area contributed by atoms with Crippen molar-refractivity contribution in [2.24, 2.45) is 5.92 Å². The molecule has 0 aromatic heterocycles. The Morgan fingerprint density at radius 3 is 2.59 bits per heavy atom. The molecule has 8 nitrogen and oxygen atoms in total. The van der Waals surface area contributed by atoms with Crippen LogP contribution in [0.3, 0.4) is 0 Å². The Kier molecular flexibility index (Phi) is 10.5. The van der Waals surface area contributed by atoms with Gasteiger partial charge in [-0.05, 0) is 36.8 Å². The monoisotopic (exact) mass is 446 g/mol. The number of amides is 3. The van der Waals surface area contributed by atoms with E-state index in [-0.39, 0.29) is 30.2 Å². The van der Waals surface area contributed by atoms with E-state index in [4.69, 9.17) is 4.74 Å². The van der Waals surface area contributed by atoms with E-state index in [1.54, 1.807) is 7.05 Å². The third-order valence-electron chi connectivity index (χ3n) is 6.05. The van der Waals surface area contributed by atoms with Crippen molar-refractivity contribution in [1.82, 2.24) is 20.9 Å². The highest BCUT2D eigenvalue weighted by molar-refractivity contribution is 5.91. The van der Waals surface area contributed by atoms with Crippen LogP contribution in [0.5, 0.6) is 5.75 Å². The zero-order valence-electron chi connectivity index (χ0n) is 19.8. The van der Waals surface area contributed by atoms with E-state index in [0.29, 0.717) is 26.1 Å². The van der Waals surface area contributed by atoms with Crippen LogP contribution >= 0.6 is 0 Å². The number of ether oxygens (including phenoxy) is 1. The molecule has 2 unspecified atom stereocenters. The molecule has 32 heavy (non-hydrogen) atoms. The molecule has 0 bridgehead atoms. The van der Waals surface area contributed by atoms with Gasteiger partial charge in [-0.1, -0.05) is 45.4 Å². The van der Waals surface area contributed by atoms with Gasteiger partial charge in [0.05, 0.1) is 12.6 Å². The lowest BCUT2D eigenvalue weighted by atomic mass is 9.97. The summed E-state index contributed by atoms with van der Waals surface area (Å²) >= 11 is 0. The predicted octanol–water partition coefficient (Wildman–Crippen LogP) is 1.49. The van der Waals surface area contributed by atoms with Crippen LogP contribution in [0.4, 0.5) is 0 Å². The van der Waals surface area contributed by atoms with Crippen molar-refractivity contribution in [3.05, 3.63) is 29.8 Å². The van der Waals surface area contributed by atoms with Crippen LogP contribution in [-0.2, 0) is 20.8 Å². The smallest absolute Gasteiger partial charge is 0.243 e. The molecule has 1 heterocycles. The minimum Gasteiger partial charge on any atom is -0.492 e. The first-order valence-corrected chi connectivity index (χ1v) is 11.6. The molecule has 0 saturated heterocycles. The van der Waals surface area contributed by atoms with Crippen molar-refractivity contribution in [1.29, 1.82) is 0 Å². The van der Waals surface area contributed by atoms with E-state index in [1.807, 2.05) is 45.0 Å². The summed E-state index contributed by atoms with van der Waals surface area (Å²) in [6.45, 7) is 7.27. The average molecular weight is 447 g/mol. The van der Waals surface area contributed by atoms with E-state index in [0.717, 1.165) is 30.6 Å². The molecule has 0 aliphatic carbocycles. The first-order chi connectivity index (χ1) is 15.4. The summed E-state index contributed by atoms with van der Waals surface area (Å²) in [5.74, 6) is 0.219. The van der Waals surface area contributed by atoms with Gasteiger partial charge in [-0.15, -0.1) is 0 Å². The number of nitrogens with one attached hydrogen (secondary N) is 3. The van der Waals surface area contributed by atoms with Gasteiger partial charge in [0.25, 0.3) is 0 Å². The van der Waals surface area contributed by atoms with Crippen molar-refractivity contribution in [2.45, 2.75) is 58.5 Å². The Morgan fingerprint density at radius 2 is 1.88 bits per heavy atom. The number of rotatable bonds is 3. The first-order valence-electron chi connectivity index (χ1n) is 11.6. The highest BCUT2D eigenvalue weighted by Crippen LogP contribution is 2.19. The summed E-state index contributed by atoms with van der Waals surface area (Å²) in [5.41, 5.74) is 1.08. The summed E-state index contributed by atoms with van der Waals surface area (Å²) in [6.07, 6.45) is 2.82. The van der Waals surface area contributed by atoms with Gasteiger partial charge < -0.3 is 25.6 Å². The van der Waals surface area contributed by atoms with Gasteiger partial charge in [-0.2, -0.15) is 0 Å². The fourth-order valence-electron chi connectivity index (χ4n) is 3.86. The standard InChI is InChI=1S/C24H38N4O4/c1-5-17(3)22-24(31)28(4)19(6-2)23(30)27-16-21(29)25-13-9-11-18-10-7-8-12-20(18)32-15-14-26-22/h7-8,10,12,17,19,22,26H,5-6,9,11,13-16H2,1-4H3,(H,25,29)(H,27,30)/t17?,19-,22?/m0/s1. The Labute approximate surface area is 191 Å². The van der Waals surface area contributed by atoms with E-state index >= 15 is 0 Å². The number of para-hydroxylation sites is 1. The quantitative estimate of drug-likeness (QED) is 0.653. The average Bonchev–Trinajstić information content (AvgIpc) is 2.80. The molecule has 1 aromatic rings. The van der Waals surface area contributed by atoms with Gasteiger partial charge >= 0.3 is 0 Å². The van der Waals surface area contributed by atoms with Crippen LogP contribution in [0.2, 0.25) is 0 Å². The number of carbonyl (C=O) groups is 3. The van der Waals surface area contributed by atoms with Gasteiger partial charge in [0, 0.05) is 20.1 Å². The molecular formula is C24H38N4O4. The zero-order chi connectivity index (χ0) is 23.5. The van der Waals surface area contributed by atoms with E-state index < -0.39 is 12.1 Å². The lowest BCUT2D eigenvalue weighted by Gasteiger charge is -2.32. The number of likely N-dealkylation sites (N-methyl/N-ethyl adjacent to an activating group) is 1. The van der Waals surface area contributed by atoms with Crippen molar-refractivity contribution < 1.29 is 19.1 Å². The molecule has 0 radical (unpaired) electrons. The number of aryl methyl sites for hydroxylation is 1. The summed E-state index contributed by atoms with van der Waals surface area (Å²) in [4.78, 5) is 39.6. The fraction of sp³-hybridized carbons (Fsp3) is 0.625. The van der Waals surface area contributed by atoms with Crippen LogP contribution < -0.4 is 20.7 Å². The number of hydrogen-bond donors (Lipinski definition) is 3. The Hall–Kier alpha value is -2.61. The molecule has 0 spiro atoms. The molecule has 1 aliphatic rings. The van der Waals surface area contributed by atoms with Gasteiger partial charge in [-0.3, -0.25) is 14.4 Å². The normalized spacial score (nSPS) is 23.1. The minimum atomic E-state index is -0.634. The molecule has 3 N–H and O–H groups in total. The molecule has 8 heteroatoms. The Balaban J connectivity index is 2.20. The fourth-order valence-corrected chi connectivity index (χ4v) is 3.86. The minimum absolute atomic E-state index is 0.0918. The third kappa shape index (κ3) is 7.22. The number of carbonyl (C=O) groups excluding carboxylic acids is 3. The number of fused-ring (bicyclic) bond motifs is 1. The van der Waals surface area contributed by atoms with E-state index in [2.05, 4.69) is 16.0 Å². The van der Waals surface area contributed by atoms with Gasteiger partial charge in [0.15, 0.2) is 0 Å². The molecule has 178 valence electrons. The number of benzene rings is 1. The van der Waals surface area contributed by atoms with Crippen molar-refractivity contribution in [3.63, 3.8) is 0 Å². The molecule has 3 atom stereocenters. The lowest BCUT2D eigenvalue weighted by molar-refractivity contribution is -0.141. The van der Waals surface area contributed by atoms with Crippen LogP contribution in [0, 0.1) is 5.92 Å². The topological polar surface area (TPSA) is 99.8 Å².